The van der Waals surface area contributed by atoms with E-state index in [0.29, 0.717) is 16.8 Å². The second-order valence-corrected chi connectivity index (χ2v) is 6.70. The van der Waals surface area contributed by atoms with E-state index in [1.54, 1.807) is 19.1 Å². The molecule has 3 rings (SSSR count). The maximum Gasteiger partial charge on any atom is 0.375 e. The normalized spacial score (nSPS) is 12.0. The molecule has 2 heterocycles. The van der Waals surface area contributed by atoms with Crippen LogP contribution in [0.1, 0.15) is 34.2 Å². The number of aromatic nitrogens is 1. The number of furan rings is 1. The summed E-state index contributed by atoms with van der Waals surface area (Å²) in [6, 6.07) is 7.16. The molecule has 1 aromatic carbocycles. The molecule has 0 radical (unpaired) electrons. The summed E-state index contributed by atoms with van der Waals surface area (Å²) in [4.78, 5) is 28.7. The number of carbonyl (C=O) groups excluding carboxylic acids is 2. The second kappa shape index (κ2) is 7.40. The van der Waals surface area contributed by atoms with Crippen molar-refractivity contribution in [2.75, 3.05) is 5.32 Å². The minimum absolute atomic E-state index is 0.0986. The van der Waals surface area contributed by atoms with Gasteiger partial charge in [-0.3, -0.25) is 4.79 Å². The number of halogens is 1. The van der Waals surface area contributed by atoms with Gasteiger partial charge in [-0.05, 0) is 51.0 Å². The van der Waals surface area contributed by atoms with Crippen molar-refractivity contribution in [1.82, 2.24) is 4.98 Å². The van der Waals surface area contributed by atoms with E-state index in [-0.39, 0.29) is 10.9 Å². The van der Waals surface area contributed by atoms with Crippen molar-refractivity contribution in [2.24, 2.45) is 0 Å². The molecule has 0 spiro atoms. The number of amides is 1. The summed E-state index contributed by atoms with van der Waals surface area (Å²) in [6.45, 7) is 7.14. The fourth-order valence-electron chi connectivity index (χ4n) is 2.85. The first kappa shape index (κ1) is 18.9. The van der Waals surface area contributed by atoms with E-state index in [1.165, 1.54) is 13.1 Å². The molecule has 140 valence electrons. The van der Waals surface area contributed by atoms with Gasteiger partial charge in [0, 0.05) is 17.1 Å². The molecule has 1 N–H and O–H groups in total. The van der Waals surface area contributed by atoms with Crippen LogP contribution in [-0.2, 0) is 9.53 Å². The summed E-state index contributed by atoms with van der Waals surface area (Å²) in [6.07, 6.45) is 0.471. The number of hydrogen-bond donors (Lipinski definition) is 1. The molecule has 0 saturated heterocycles. The summed E-state index contributed by atoms with van der Waals surface area (Å²) in [7, 11) is 0. The molecule has 2 aromatic heterocycles. The highest BCUT2D eigenvalue weighted by molar-refractivity contribution is 6.32. The molecule has 3 aromatic rings. The summed E-state index contributed by atoms with van der Waals surface area (Å²) in [5.41, 5.74) is 3.62. The highest BCUT2D eigenvalue weighted by Crippen LogP contribution is 2.31. The van der Waals surface area contributed by atoms with E-state index >= 15 is 0 Å². The van der Waals surface area contributed by atoms with E-state index < -0.39 is 18.0 Å². The first-order chi connectivity index (χ1) is 12.8. The van der Waals surface area contributed by atoms with Gasteiger partial charge in [-0.15, -0.1) is 0 Å². The molecule has 0 fully saturated rings. The SMILES string of the molecule is Cc1ccc(C)c2c(C)c(C(=O)O[C@@H](C)C(=O)Nc3cccnc3Cl)oc12. The van der Waals surface area contributed by atoms with Gasteiger partial charge < -0.3 is 14.5 Å². The van der Waals surface area contributed by atoms with Crippen molar-refractivity contribution in [3.63, 3.8) is 0 Å². The number of esters is 1. The lowest BCUT2D eigenvalue weighted by Gasteiger charge is -2.13. The first-order valence-electron chi connectivity index (χ1n) is 8.41. The van der Waals surface area contributed by atoms with Gasteiger partial charge in [0.05, 0.1) is 5.69 Å². The van der Waals surface area contributed by atoms with Crippen LogP contribution in [0, 0.1) is 20.8 Å². The average molecular weight is 387 g/mol. The van der Waals surface area contributed by atoms with Crippen LogP contribution in [0.2, 0.25) is 5.15 Å². The minimum atomic E-state index is -1.04. The Morgan fingerprint density at radius 2 is 1.89 bits per heavy atom. The largest absolute Gasteiger partial charge is 0.448 e. The molecule has 0 aliphatic carbocycles. The second-order valence-electron chi connectivity index (χ2n) is 6.34. The van der Waals surface area contributed by atoms with Gasteiger partial charge in [0.1, 0.15) is 5.58 Å². The number of anilines is 1. The van der Waals surface area contributed by atoms with Gasteiger partial charge in [0.25, 0.3) is 5.91 Å². The van der Waals surface area contributed by atoms with Crippen LogP contribution in [0.25, 0.3) is 11.0 Å². The summed E-state index contributed by atoms with van der Waals surface area (Å²) >= 11 is 5.92. The number of rotatable bonds is 4. The molecule has 1 atom stereocenters. The van der Waals surface area contributed by atoms with Gasteiger partial charge in [-0.25, -0.2) is 9.78 Å². The Morgan fingerprint density at radius 3 is 2.56 bits per heavy atom. The topological polar surface area (TPSA) is 81.4 Å². The van der Waals surface area contributed by atoms with Crippen LogP contribution in [-0.4, -0.2) is 23.0 Å². The third-order valence-electron chi connectivity index (χ3n) is 4.34. The van der Waals surface area contributed by atoms with E-state index in [9.17, 15) is 9.59 Å². The number of nitrogens with one attached hydrogen (secondary N) is 1. The van der Waals surface area contributed by atoms with E-state index in [4.69, 9.17) is 20.8 Å². The molecule has 0 unspecified atom stereocenters. The molecule has 7 heteroatoms. The monoisotopic (exact) mass is 386 g/mol. The zero-order chi connectivity index (χ0) is 19.7. The molecular weight excluding hydrogens is 368 g/mol. The number of aryl methyl sites for hydroxylation is 3. The lowest BCUT2D eigenvalue weighted by molar-refractivity contribution is -0.123. The summed E-state index contributed by atoms with van der Waals surface area (Å²) in [5, 5.41) is 3.63. The minimum Gasteiger partial charge on any atom is -0.448 e. The van der Waals surface area contributed by atoms with Gasteiger partial charge in [0.2, 0.25) is 5.76 Å². The molecule has 0 saturated carbocycles. The van der Waals surface area contributed by atoms with Crippen LogP contribution in [0.3, 0.4) is 0 Å². The zero-order valence-corrected chi connectivity index (χ0v) is 16.2. The molecular formula is C20H19ClN2O4. The Labute approximate surface area is 161 Å². The maximum absolute atomic E-state index is 12.6. The Kier molecular flexibility index (Phi) is 5.19. The predicted molar refractivity (Wildman–Crippen MR) is 103 cm³/mol. The number of carbonyl (C=O) groups is 2. The maximum atomic E-state index is 12.6. The Morgan fingerprint density at radius 1 is 1.19 bits per heavy atom. The van der Waals surface area contributed by atoms with E-state index in [2.05, 4.69) is 10.3 Å². The standard InChI is InChI=1S/C20H19ClN2O4/c1-10-7-8-11(2)16-15(10)12(3)17(27-16)20(25)26-13(4)19(24)23-14-6-5-9-22-18(14)21/h5-9,13H,1-4H3,(H,23,24)/t13-/m0/s1. The molecule has 0 aliphatic rings. The Balaban J connectivity index is 1.79. The highest BCUT2D eigenvalue weighted by Gasteiger charge is 2.25. The predicted octanol–water partition coefficient (Wildman–Crippen LogP) is 4.59. The van der Waals surface area contributed by atoms with Gasteiger partial charge in [-0.1, -0.05) is 23.7 Å². The van der Waals surface area contributed by atoms with Crippen LogP contribution < -0.4 is 5.32 Å². The zero-order valence-electron chi connectivity index (χ0n) is 15.4. The number of pyridine rings is 1. The van der Waals surface area contributed by atoms with Crippen molar-refractivity contribution in [3.05, 3.63) is 58.1 Å². The number of nitrogens with zero attached hydrogens (tertiary/aromatic N) is 1. The average Bonchev–Trinajstić information content (AvgIpc) is 2.99. The lowest BCUT2D eigenvalue weighted by Crippen LogP contribution is -2.30. The van der Waals surface area contributed by atoms with Crippen LogP contribution in [0.4, 0.5) is 5.69 Å². The number of benzene rings is 1. The van der Waals surface area contributed by atoms with Crippen LogP contribution in [0.15, 0.2) is 34.9 Å². The number of ether oxygens (including phenoxy) is 1. The fourth-order valence-corrected chi connectivity index (χ4v) is 3.02. The molecule has 27 heavy (non-hydrogen) atoms. The van der Waals surface area contributed by atoms with Crippen LogP contribution >= 0.6 is 11.6 Å². The van der Waals surface area contributed by atoms with Crippen molar-refractivity contribution < 1.29 is 18.7 Å². The Hall–Kier alpha value is -2.86. The highest BCUT2D eigenvalue weighted by atomic mass is 35.5. The van der Waals surface area contributed by atoms with Gasteiger partial charge in [-0.2, -0.15) is 0 Å². The third kappa shape index (κ3) is 3.66. The van der Waals surface area contributed by atoms with Crippen molar-refractivity contribution >= 4 is 40.1 Å². The van der Waals surface area contributed by atoms with E-state index in [1.807, 2.05) is 26.0 Å². The van der Waals surface area contributed by atoms with E-state index in [0.717, 1.165) is 16.5 Å². The van der Waals surface area contributed by atoms with Crippen LogP contribution in [0.5, 0.6) is 0 Å². The van der Waals surface area contributed by atoms with Gasteiger partial charge in [0.15, 0.2) is 11.3 Å². The molecule has 0 bridgehead atoms. The van der Waals surface area contributed by atoms with Crippen molar-refractivity contribution in [2.45, 2.75) is 33.8 Å². The van der Waals surface area contributed by atoms with Crippen molar-refractivity contribution in [3.8, 4) is 0 Å². The summed E-state index contributed by atoms with van der Waals surface area (Å²) < 4.78 is 11.0. The smallest absolute Gasteiger partial charge is 0.375 e. The third-order valence-corrected chi connectivity index (χ3v) is 4.64. The summed E-state index contributed by atoms with van der Waals surface area (Å²) in [5.74, 6) is -1.11. The first-order valence-corrected chi connectivity index (χ1v) is 8.79. The fraction of sp³-hybridized carbons (Fsp3) is 0.250. The molecule has 0 aliphatic heterocycles. The molecule has 1 amide bonds. The molecule has 6 nitrogen and oxygen atoms in total. The van der Waals surface area contributed by atoms with Crippen molar-refractivity contribution in [1.29, 1.82) is 0 Å². The quantitative estimate of drug-likeness (QED) is 0.523. The Bertz CT molecular complexity index is 1040. The number of hydrogen-bond acceptors (Lipinski definition) is 5. The lowest BCUT2D eigenvalue weighted by atomic mass is 10.0. The van der Waals surface area contributed by atoms with Gasteiger partial charge >= 0.3 is 5.97 Å². The number of fused-ring (bicyclic) bond motifs is 1.